The van der Waals surface area contributed by atoms with Crippen molar-refractivity contribution in [2.75, 3.05) is 31.1 Å². The Bertz CT molecular complexity index is 1640. The molecule has 1 aromatic carbocycles. The van der Waals surface area contributed by atoms with Gasteiger partial charge < -0.3 is 19.9 Å². The van der Waals surface area contributed by atoms with Gasteiger partial charge in [-0.25, -0.2) is 23.4 Å². The third-order valence-electron chi connectivity index (χ3n) is 7.15. The second kappa shape index (κ2) is 12.1. The molecule has 1 atom stereocenters. The Kier molecular flexibility index (Phi) is 8.50. The SMILES string of the molecule is O=C(NC1=NCCCN1)C1CCN(c2ncnc3c2ncn3C[C@H](NS(=O)(=O)c2ccc(C(F)(F)F)cc2)C(=O)O)CC1. The molecule has 43 heavy (non-hydrogen) atoms. The average molecular weight is 624 g/mol. The zero-order valence-electron chi connectivity index (χ0n) is 22.6. The van der Waals surface area contributed by atoms with Crippen LogP contribution in [0.15, 0.2) is 46.8 Å². The standard InChI is InChI=1S/C25H28F3N9O5S/c26-25(27,28)16-2-4-17(5-3-16)43(41,42)35-18(23(39)40)12-37-14-33-19-20(31-13-32-21(19)37)36-10-6-15(7-11-36)22(38)34-24-29-8-1-9-30-24/h2-5,13-15,18,35H,1,6-12H2,(H,39,40)(H2,29,30,34,38)/t18-/m0/s1. The van der Waals surface area contributed by atoms with Crippen LogP contribution in [0.1, 0.15) is 24.8 Å². The van der Waals surface area contributed by atoms with Gasteiger partial charge in [-0.3, -0.25) is 19.9 Å². The Balaban J connectivity index is 1.27. The van der Waals surface area contributed by atoms with Gasteiger partial charge in [0.25, 0.3) is 0 Å². The van der Waals surface area contributed by atoms with E-state index in [4.69, 9.17) is 0 Å². The highest BCUT2D eigenvalue weighted by atomic mass is 32.2. The van der Waals surface area contributed by atoms with E-state index in [1.54, 1.807) is 0 Å². The molecule has 5 rings (SSSR count). The van der Waals surface area contributed by atoms with Gasteiger partial charge in [0.15, 0.2) is 22.9 Å². The number of hydrogen-bond acceptors (Lipinski definition) is 10. The molecule has 230 valence electrons. The van der Waals surface area contributed by atoms with Gasteiger partial charge in [-0.1, -0.05) is 0 Å². The van der Waals surface area contributed by atoms with Crippen LogP contribution < -0.4 is 20.3 Å². The molecule has 0 bridgehead atoms. The van der Waals surface area contributed by atoms with E-state index in [-0.39, 0.29) is 17.5 Å². The van der Waals surface area contributed by atoms with Crippen LogP contribution in [-0.2, 0) is 32.3 Å². The number of rotatable bonds is 8. The van der Waals surface area contributed by atoms with Gasteiger partial charge in [0.1, 0.15) is 12.4 Å². The summed E-state index contributed by atoms with van der Waals surface area (Å²) < 4.78 is 67.6. The highest BCUT2D eigenvalue weighted by molar-refractivity contribution is 7.89. The van der Waals surface area contributed by atoms with Gasteiger partial charge in [-0.2, -0.15) is 17.9 Å². The van der Waals surface area contributed by atoms with Gasteiger partial charge in [-0.15, -0.1) is 0 Å². The number of aromatic nitrogens is 4. The molecular formula is C25H28F3N9O5S. The number of amides is 1. The smallest absolute Gasteiger partial charge is 0.416 e. The lowest BCUT2D eigenvalue weighted by molar-refractivity contribution is -0.139. The number of fused-ring (bicyclic) bond motifs is 1. The molecule has 14 nitrogen and oxygen atoms in total. The Morgan fingerprint density at radius 2 is 1.84 bits per heavy atom. The number of carboxylic acid groups (broad SMARTS) is 1. The maximum atomic E-state index is 12.9. The Morgan fingerprint density at radius 3 is 2.47 bits per heavy atom. The number of guanidine groups is 1. The van der Waals surface area contributed by atoms with E-state index in [0.29, 0.717) is 61.9 Å². The average Bonchev–Trinajstić information content (AvgIpc) is 3.40. The molecular weight excluding hydrogens is 595 g/mol. The maximum absolute atomic E-state index is 12.9. The van der Waals surface area contributed by atoms with Crippen molar-refractivity contribution in [3.8, 4) is 0 Å². The lowest BCUT2D eigenvalue weighted by atomic mass is 9.96. The summed E-state index contributed by atoms with van der Waals surface area (Å²) in [6.07, 6.45) is -0.0471. The van der Waals surface area contributed by atoms with Crippen molar-refractivity contribution in [1.82, 2.24) is 34.9 Å². The number of alkyl halides is 3. The Hall–Kier alpha value is -4.32. The number of benzene rings is 1. The minimum absolute atomic E-state index is 0.108. The number of carboxylic acids is 1. The first kappa shape index (κ1) is 30.1. The van der Waals surface area contributed by atoms with Crippen LogP contribution in [0.25, 0.3) is 11.2 Å². The van der Waals surface area contributed by atoms with Crippen molar-refractivity contribution >= 4 is 44.8 Å². The number of halogens is 3. The fraction of sp³-hybridized carbons (Fsp3) is 0.440. The van der Waals surface area contributed by atoms with E-state index in [9.17, 15) is 36.3 Å². The summed E-state index contributed by atoms with van der Waals surface area (Å²) in [6, 6.07) is 1.02. The number of nitrogens with one attached hydrogen (secondary N) is 3. The molecule has 4 N–H and O–H groups in total. The topological polar surface area (TPSA) is 184 Å². The molecule has 2 aliphatic heterocycles. The summed E-state index contributed by atoms with van der Waals surface area (Å²) in [6.45, 7) is 2.01. The van der Waals surface area contributed by atoms with Gasteiger partial charge in [-0.05, 0) is 43.5 Å². The van der Waals surface area contributed by atoms with Gasteiger partial charge in [0.2, 0.25) is 15.9 Å². The van der Waals surface area contributed by atoms with Crippen LogP contribution in [-0.4, -0.2) is 83.1 Å². The predicted molar refractivity (Wildman–Crippen MR) is 147 cm³/mol. The van der Waals surface area contributed by atoms with Crippen molar-refractivity contribution in [3.05, 3.63) is 42.5 Å². The molecule has 18 heteroatoms. The molecule has 0 unspecified atom stereocenters. The fourth-order valence-corrected chi connectivity index (χ4v) is 6.04. The lowest BCUT2D eigenvalue weighted by Gasteiger charge is -2.32. The lowest BCUT2D eigenvalue weighted by Crippen LogP contribution is -2.48. The molecule has 2 aromatic heterocycles. The molecule has 0 aliphatic carbocycles. The second-order valence-corrected chi connectivity index (χ2v) is 11.8. The molecule has 0 spiro atoms. The first-order valence-corrected chi connectivity index (χ1v) is 14.8. The minimum Gasteiger partial charge on any atom is -0.480 e. The summed E-state index contributed by atoms with van der Waals surface area (Å²) >= 11 is 0. The van der Waals surface area contributed by atoms with Crippen LogP contribution in [0.5, 0.6) is 0 Å². The number of aliphatic carboxylic acids is 1. The third kappa shape index (κ3) is 6.85. The first-order valence-electron chi connectivity index (χ1n) is 13.3. The molecule has 1 saturated heterocycles. The van der Waals surface area contributed by atoms with E-state index in [0.717, 1.165) is 25.1 Å². The van der Waals surface area contributed by atoms with Crippen LogP contribution in [0.4, 0.5) is 19.0 Å². The fourth-order valence-electron chi connectivity index (χ4n) is 4.86. The number of carbonyl (C=O) groups excluding carboxylic acids is 1. The van der Waals surface area contributed by atoms with Crippen molar-refractivity contribution < 1.29 is 36.3 Å². The third-order valence-corrected chi connectivity index (χ3v) is 8.64. The van der Waals surface area contributed by atoms with E-state index < -0.39 is 45.2 Å². The Labute approximate surface area is 243 Å². The van der Waals surface area contributed by atoms with Crippen LogP contribution >= 0.6 is 0 Å². The van der Waals surface area contributed by atoms with E-state index in [1.807, 2.05) is 9.62 Å². The zero-order chi connectivity index (χ0) is 30.8. The van der Waals surface area contributed by atoms with E-state index in [1.165, 1.54) is 17.2 Å². The van der Waals surface area contributed by atoms with Gasteiger partial charge in [0, 0.05) is 32.1 Å². The largest absolute Gasteiger partial charge is 0.480 e. The second-order valence-electron chi connectivity index (χ2n) is 10.1. The molecule has 0 saturated carbocycles. The maximum Gasteiger partial charge on any atom is 0.416 e. The number of aliphatic imine (C=N–C) groups is 1. The monoisotopic (exact) mass is 623 g/mol. The highest BCUT2D eigenvalue weighted by Crippen LogP contribution is 2.30. The van der Waals surface area contributed by atoms with Crippen LogP contribution in [0, 0.1) is 5.92 Å². The number of nitrogens with zero attached hydrogens (tertiary/aromatic N) is 6. The molecule has 4 heterocycles. The quantitative estimate of drug-likeness (QED) is 0.282. The molecule has 1 fully saturated rings. The molecule has 2 aliphatic rings. The van der Waals surface area contributed by atoms with E-state index in [2.05, 4.69) is 30.6 Å². The van der Waals surface area contributed by atoms with Gasteiger partial charge >= 0.3 is 12.1 Å². The molecule has 3 aromatic rings. The van der Waals surface area contributed by atoms with Crippen molar-refractivity contribution in [2.45, 2.75) is 42.9 Å². The first-order chi connectivity index (χ1) is 20.4. The van der Waals surface area contributed by atoms with Crippen LogP contribution in [0.3, 0.4) is 0 Å². The van der Waals surface area contributed by atoms with Crippen molar-refractivity contribution in [1.29, 1.82) is 0 Å². The summed E-state index contributed by atoms with van der Waals surface area (Å²) in [5.41, 5.74) is -0.423. The summed E-state index contributed by atoms with van der Waals surface area (Å²) in [5.74, 6) is -0.863. The normalized spacial score (nSPS) is 17.3. The number of sulfonamides is 1. The van der Waals surface area contributed by atoms with Crippen LogP contribution in [0.2, 0.25) is 0 Å². The van der Waals surface area contributed by atoms with Crippen molar-refractivity contribution in [3.63, 3.8) is 0 Å². The summed E-state index contributed by atoms with van der Waals surface area (Å²) in [4.78, 5) is 43.3. The number of carbonyl (C=O) groups is 2. The highest BCUT2D eigenvalue weighted by Gasteiger charge is 2.32. The zero-order valence-corrected chi connectivity index (χ0v) is 23.4. The summed E-state index contributed by atoms with van der Waals surface area (Å²) in [5, 5.41) is 15.6. The number of hydrogen-bond donors (Lipinski definition) is 4. The Morgan fingerprint density at radius 1 is 1.12 bits per heavy atom. The van der Waals surface area contributed by atoms with Gasteiger partial charge in [0.05, 0.1) is 23.3 Å². The number of imidazole rings is 1. The summed E-state index contributed by atoms with van der Waals surface area (Å²) in [7, 11) is -4.49. The predicted octanol–water partition coefficient (Wildman–Crippen LogP) is 0.959. The van der Waals surface area contributed by atoms with Crippen molar-refractivity contribution in [2.24, 2.45) is 10.9 Å². The minimum atomic E-state index is -4.66. The number of anilines is 1. The molecule has 1 amide bonds. The number of piperidine rings is 1. The van der Waals surface area contributed by atoms with E-state index >= 15 is 0 Å². The molecule has 0 radical (unpaired) electrons.